The Morgan fingerprint density at radius 1 is 1.37 bits per heavy atom. The van der Waals surface area contributed by atoms with Gasteiger partial charge in [-0.3, -0.25) is 9.59 Å². The van der Waals surface area contributed by atoms with Crippen molar-refractivity contribution in [3.63, 3.8) is 0 Å². The van der Waals surface area contributed by atoms with Crippen molar-refractivity contribution in [3.05, 3.63) is 23.9 Å². The summed E-state index contributed by atoms with van der Waals surface area (Å²) >= 11 is 0. The molecule has 1 fully saturated rings. The van der Waals surface area contributed by atoms with Crippen LogP contribution in [0.15, 0.2) is 18.3 Å². The minimum Gasteiger partial charge on any atom is -0.481 e. The van der Waals surface area contributed by atoms with Gasteiger partial charge >= 0.3 is 5.97 Å². The molecule has 1 aromatic rings. The minimum atomic E-state index is -0.734. The summed E-state index contributed by atoms with van der Waals surface area (Å²) in [7, 11) is 0. The van der Waals surface area contributed by atoms with Gasteiger partial charge in [0.25, 0.3) is 0 Å². The molecule has 0 aliphatic carbocycles. The number of carbonyl (C=O) groups is 2. The van der Waals surface area contributed by atoms with Crippen molar-refractivity contribution < 1.29 is 14.7 Å². The molecule has 0 saturated carbocycles. The number of pyridine rings is 1. The van der Waals surface area contributed by atoms with Gasteiger partial charge < -0.3 is 15.7 Å². The summed E-state index contributed by atoms with van der Waals surface area (Å²) < 4.78 is 0. The number of rotatable bonds is 4. The summed E-state index contributed by atoms with van der Waals surface area (Å²) in [5.41, 5.74) is 5.55. The van der Waals surface area contributed by atoms with Crippen molar-refractivity contribution in [1.29, 1.82) is 0 Å². The van der Waals surface area contributed by atoms with Gasteiger partial charge in [-0.1, -0.05) is 0 Å². The van der Waals surface area contributed by atoms with Gasteiger partial charge in [-0.15, -0.1) is 0 Å². The van der Waals surface area contributed by atoms with Gasteiger partial charge in [0.1, 0.15) is 5.82 Å². The van der Waals surface area contributed by atoms with E-state index in [1.54, 1.807) is 12.1 Å². The van der Waals surface area contributed by atoms with Gasteiger partial charge in [-0.2, -0.15) is 0 Å². The first kappa shape index (κ1) is 13.3. The van der Waals surface area contributed by atoms with Crippen LogP contribution in [-0.4, -0.2) is 35.1 Å². The zero-order valence-electron chi connectivity index (χ0n) is 10.6. The van der Waals surface area contributed by atoms with E-state index >= 15 is 0 Å². The van der Waals surface area contributed by atoms with Crippen LogP contribution in [0.25, 0.3) is 0 Å². The van der Waals surface area contributed by atoms with Crippen molar-refractivity contribution in [1.82, 2.24) is 4.98 Å². The number of nitrogens with zero attached hydrogens (tertiary/aromatic N) is 2. The third kappa shape index (κ3) is 3.43. The first-order chi connectivity index (χ1) is 9.06. The number of amides is 1. The lowest BCUT2D eigenvalue weighted by molar-refractivity contribution is -0.138. The molecular formula is C13H17N3O3. The summed E-state index contributed by atoms with van der Waals surface area (Å²) in [6.07, 6.45) is 3.42. The number of carbonyl (C=O) groups excluding carboxylic acids is 1. The second kappa shape index (κ2) is 5.69. The number of nitrogens with two attached hydrogens (primary N) is 1. The van der Waals surface area contributed by atoms with Gasteiger partial charge in [0.05, 0.1) is 5.56 Å². The molecule has 19 heavy (non-hydrogen) atoms. The predicted molar refractivity (Wildman–Crippen MR) is 69.9 cm³/mol. The number of piperidine rings is 1. The molecular weight excluding hydrogens is 246 g/mol. The van der Waals surface area contributed by atoms with E-state index in [1.807, 2.05) is 0 Å². The van der Waals surface area contributed by atoms with E-state index in [-0.39, 0.29) is 12.3 Å². The maximum Gasteiger partial charge on any atom is 0.303 e. The number of carboxylic acids is 1. The molecule has 0 spiro atoms. The average molecular weight is 263 g/mol. The molecule has 102 valence electrons. The van der Waals surface area contributed by atoms with Crippen LogP contribution in [0, 0.1) is 5.92 Å². The van der Waals surface area contributed by atoms with E-state index < -0.39 is 11.9 Å². The Labute approximate surface area is 111 Å². The molecule has 1 saturated heterocycles. The summed E-state index contributed by atoms with van der Waals surface area (Å²) in [5, 5.41) is 8.76. The summed E-state index contributed by atoms with van der Waals surface area (Å²) in [4.78, 5) is 27.9. The van der Waals surface area contributed by atoms with Gasteiger partial charge in [-0.05, 0) is 30.9 Å². The highest BCUT2D eigenvalue weighted by Crippen LogP contribution is 2.23. The first-order valence-electron chi connectivity index (χ1n) is 6.29. The van der Waals surface area contributed by atoms with Crippen LogP contribution >= 0.6 is 0 Å². The van der Waals surface area contributed by atoms with Crippen LogP contribution < -0.4 is 10.6 Å². The molecule has 6 nitrogen and oxygen atoms in total. The Morgan fingerprint density at radius 3 is 2.53 bits per heavy atom. The lowest BCUT2D eigenvalue weighted by Gasteiger charge is -2.32. The average Bonchev–Trinajstić information content (AvgIpc) is 2.39. The second-order valence-corrected chi connectivity index (χ2v) is 4.80. The maximum absolute atomic E-state index is 10.9. The molecule has 2 rings (SSSR count). The van der Waals surface area contributed by atoms with Crippen molar-refractivity contribution >= 4 is 17.7 Å². The molecule has 1 aliphatic rings. The molecule has 0 aromatic carbocycles. The fraction of sp³-hybridized carbons (Fsp3) is 0.462. The van der Waals surface area contributed by atoms with E-state index in [0.29, 0.717) is 5.56 Å². The fourth-order valence-electron chi connectivity index (χ4n) is 2.33. The number of primary amides is 1. The third-order valence-corrected chi connectivity index (χ3v) is 3.43. The van der Waals surface area contributed by atoms with E-state index in [4.69, 9.17) is 10.8 Å². The van der Waals surface area contributed by atoms with Crippen molar-refractivity contribution in [2.45, 2.75) is 19.3 Å². The van der Waals surface area contributed by atoms with Gasteiger partial charge in [0.2, 0.25) is 5.91 Å². The molecule has 1 aromatic heterocycles. The second-order valence-electron chi connectivity index (χ2n) is 4.80. The molecule has 1 aliphatic heterocycles. The van der Waals surface area contributed by atoms with Crippen molar-refractivity contribution in [3.8, 4) is 0 Å². The smallest absolute Gasteiger partial charge is 0.303 e. The molecule has 0 radical (unpaired) electrons. The van der Waals surface area contributed by atoms with Crippen LogP contribution in [0.4, 0.5) is 5.82 Å². The third-order valence-electron chi connectivity index (χ3n) is 3.43. The normalized spacial score (nSPS) is 16.3. The zero-order valence-corrected chi connectivity index (χ0v) is 10.6. The Hall–Kier alpha value is -2.11. The van der Waals surface area contributed by atoms with E-state index in [9.17, 15) is 9.59 Å². The SMILES string of the molecule is NC(=O)c1ccc(N2CCC(CC(=O)O)CC2)nc1. The molecule has 0 unspecified atom stereocenters. The molecule has 3 N–H and O–H groups in total. The summed E-state index contributed by atoms with van der Waals surface area (Å²) in [6, 6.07) is 3.44. The number of aromatic nitrogens is 1. The van der Waals surface area contributed by atoms with Crippen molar-refractivity contribution in [2.75, 3.05) is 18.0 Å². The highest BCUT2D eigenvalue weighted by Gasteiger charge is 2.22. The predicted octanol–water partition coefficient (Wildman–Crippen LogP) is 0.872. The summed E-state index contributed by atoms with van der Waals surface area (Å²) in [6.45, 7) is 1.59. The van der Waals surface area contributed by atoms with Crippen LogP contribution in [0.5, 0.6) is 0 Å². The van der Waals surface area contributed by atoms with E-state index in [2.05, 4.69) is 9.88 Å². The van der Waals surface area contributed by atoms with Gasteiger partial charge in [0, 0.05) is 25.7 Å². The lowest BCUT2D eigenvalue weighted by atomic mass is 9.93. The first-order valence-corrected chi connectivity index (χ1v) is 6.29. The molecule has 1 amide bonds. The Balaban J connectivity index is 1.94. The monoisotopic (exact) mass is 263 g/mol. The van der Waals surface area contributed by atoms with Crippen LogP contribution in [0.1, 0.15) is 29.6 Å². The van der Waals surface area contributed by atoms with Crippen LogP contribution in [-0.2, 0) is 4.79 Å². The lowest BCUT2D eigenvalue weighted by Crippen LogP contribution is -2.34. The van der Waals surface area contributed by atoms with Gasteiger partial charge in [-0.25, -0.2) is 4.98 Å². The number of hydrogen-bond acceptors (Lipinski definition) is 4. The highest BCUT2D eigenvalue weighted by atomic mass is 16.4. The maximum atomic E-state index is 10.9. The Morgan fingerprint density at radius 2 is 2.05 bits per heavy atom. The largest absolute Gasteiger partial charge is 0.481 e. The van der Waals surface area contributed by atoms with E-state index in [1.165, 1.54) is 6.20 Å². The molecule has 0 bridgehead atoms. The number of aliphatic carboxylic acids is 1. The number of hydrogen-bond donors (Lipinski definition) is 2. The van der Waals surface area contributed by atoms with Crippen LogP contribution in [0.3, 0.4) is 0 Å². The van der Waals surface area contributed by atoms with Gasteiger partial charge in [0.15, 0.2) is 0 Å². The highest BCUT2D eigenvalue weighted by molar-refractivity contribution is 5.92. The van der Waals surface area contributed by atoms with Crippen LogP contribution in [0.2, 0.25) is 0 Å². The minimum absolute atomic E-state index is 0.238. The van der Waals surface area contributed by atoms with E-state index in [0.717, 1.165) is 31.7 Å². The van der Waals surface area contributed by atoms with Crippen molar-refractivity contribution in [2.24, 2.45) is 11.7 Å². The zero-order chi connectivity index (χ0) is 13.8. The molecule has 6 heteroatoms. The Bertz CT molecular complexity index is 465. The molecule has 0 atom stereocenters. The quantitative estimate of drug-likeness (QED) is 0.840. The number of anilines is 1. The molecule has 2 heterocycles. The number of carboxylic acid groups (broad SMARTS) is 1. The summed E-state index contributed by atoms with van der Waals surface area (Å²) in [5.74, 6) is -0.168. The Kier molecular flexibility index (Phi) is 3.99. The fourth-order valence-corrected chi connectivity index (χ4v) is 2.33. The topological polar surface area (TPSA) is 96.5 Å². The standard InChI is InChI=1S/C13H17N3O3/c14-13(19)10-1-2-11(15-8-10)16-5-3-9(4-6-16)7-12(17)18/h1-2,8-9H,3-7H2,(H2,14,19)(H,17,18).